The Balaban J connectivity index is 1.82. The number of nitrogens with two attached hydrogens (primary N) is 1. The lowest BCUT2D eigenvalue weighted by molar-refractivity contribution is 0.329. The summed E-state index contributed by atoms with van der Waals surface area (Å²) in [5.74, 6) is 0.900. The summed E-state index contributed by atoms with van der Waals surface area (Å²) in [6, 6.07) is 7.09. The molecular weight excluding hydrogens is 270 g/mol. The monoisotopic (exact) mass is 295 g/mol. The van der Waals surface area contributed by atoms with Crippen LogP contribution < -0.4 is 5.14 Å². The van der Waals surface area contributed by atoms with Gasteiger partial charge in [-0.1, -0.05) is 63.1 Å². The molecule has 20 heavy (non-hydrogen) atoms. The predicted molar refractivity (Wildman–Crippen MR) is 81.9 cm³/mol. The van der Waals surface area contributed by atoms with Gasteiger partial charge in [0.25, 0.3) is 0 Å². The molecule has 0 saturated heterocycles. The molecule has 0 spiro atoms. The molecule has 112 valence electrons. The summed E-state index contributed by atoms with van der Waals surface area (Å²) in [4.78, 5) is 0.290. The number of aryl methyl sites for hydroxylation is 1. The zero-order valence-corrected chi connectivity index (χ0v) is 12.9. The van der Waals surface area contributed by atoms with Crippen LogP contribution in [0, 0.1) is 5.92 Å². The van der Waals surface area contributed by atoms with Crippen molar-refractivity contribution in [2.24, 2.45) is 11.1 Å². The zero-order valence-electron chi connectivity index (χ0n) is 12.1. The van der Waals surface area contributed by atoms with Gasteiger partial charge in [0.2, 0.25) is 10.0 Å². The van der Waals surface area contributed by atoms with Gasteiger partial charge in [-0.3, -0.25) is 0 Å². The summed E-state index contributed by atoms with van der Waals surface area (Å²) in [5, 5.41) is 5.25. The standard InChI is InChI=1S/C16H25NO2S/c17-20(18,19)16-13-7-6-12-15(16)11-5-4-10-14-8-2-1-3-9-14/h6-7,12-14H,1-5,8-11H2,(H2,17,18,19). The van der Waals surface area contributed by atoms with Gasteiger partial charge in [0.1, 0.15) is 0 Å². The normalized spacial score (nSPS) is 17.2. The molecule has 1 aliphatic carbocycles. The number of rotatable bonds is 6. The second kappa shape index (κ2) is 7.23. The highest BCUT2D eigenvalue weighted by Gasteiger charge is 2.14. The highest BCUT2D eigenvalue weighted by molar-refractivity contribution is 7.89. The van der Waals surface area contributed by atoms with E-state index in [1.807, 2.05) is 12.1 Å². The molecule has 0 atom stereocenters. The third-order valence-corrected chi connectivity index (χ3v) is 5.32. The van der Waals surface area contributed by atoms with Crippen molar-refractivity contribution in [3.8, 4) is 0 Å². The van der Waals surface area contributed by atoms with Crippen LogP contribution in [0.4, 0.5) is 0 Å². The van der Waals surface area contributed by atoms with E-state index in [-0.39, 0.29) is 4.90 Å². The van der Waals surface area contributed by atoms with Crippen molar-refractivity contribution in [3.63, 3.8) is 0 Å². The quantitative estimate of drug-likeness (QED) is 0.815. The maximum absolute atomic E-state index is 11.5. The van der Waals surface area contributed by atoms with Crippen molar-refractivity contribution in [3.05, 3.63) is 29.8 Å². The molecule has 4 heteroatoms. The summed E-state index contributed by atoms with van der Waals surface area (Å²) < 4.78 is 23.0. The summed E-state index contributed by atoms with van der Waals surface area (Å²) in [5.41, 5.74) is 0.860. The zero-order chi connectivity index (χ0) is 14.4. The smallest absolute Gasteiger partial charge is 0.225 e. The second-order valence-corrected chi connectivity index (χ2v) is 7.43. The van der Waals surface area contributed by atoms with Crippen LogP contribution in [0.5, 0.6) is 0 Å². The van der Waals surface area contributed by atoms with Crippen LogP contribution in [0.25, 0.3) is 0 Å². The van der Waals surface area contributed by atoms with Gasteiger partial charge in [0, 0.05) is 0 Å². The van der Waals surface area contributed by atoms with Crippen LogP contribution in [0.3, 0.4) is 0 Å². The molecule has 3 nitrogen and oxygen atoms in total. The van der Waals surface area contributed by atoms with Gasteiger partial charge >= 0.3 is 0 Å². The molecule has 2 N–H and O–H groups in total. The average Bonchev–Trinajstić information content (AvgIpc) is 2.44. The van der Waals surface area contributed by atoms with Crippen molar-refractivity contribution in [1.29, 1.82) is 0 Å². The fraction of sp³-hybridized carbons (Fsp3) is 0.625. The summed E-state index contributed by atoms with van der Waals surface area (Å²) in [6.07, 6.45) is 11.3. The van der Waals surface area contributed by atoms with Crippen molar-refractivity contribution >= 4 is 10.0 Å². The van der Waals surface area contributed by atoms with E-state index in [0.29, 0.717) is 0 Å². The first-order valence-corrected chi connectivity index (χ1v) is 9.23. The molecule has 1 fully saturated rings. The minimum Gasteiger partial charge on any atom is -0.225 e. The predicted octanol–water partition coefficient (Wildman–Crippen LogP) is 3.63. The Morgan fingerprint density at radius 3 is 2.45 bits per heavy atom. The molecule has 1 saturated carbocycles. The average molecular weight is 295 g/mol. The molecule has 0 amide bonds. The van der Waals surface area contributed by atoms with Crippen LogP contribution in [0.15, 0.2) is 29.2 Å². The summed E-state index contributed by atoms with van der Waals surface area (Å²) in [7, 11) is -3.59. The molecular formula is C16H25NO2S. The molecule has 0 unspecified atom stereocenters. The van der Waals surface area contributed by atoms with E-state index in [1.54, 1.807) is 12.1 Å². The largest absolute Gasteiger partial charge is 0.238 e. The van der Waals surface area contributed by atoms with Crippen LogP contribution in [0.2, 0.25) is 0 Å². The van der Waals surface area contributed by atoms with Crippen molar-refractivity contribution in [2.45, 2.75) is 62.7 Å². The lowest BCUT2D eigenvalue weighted by Crippen LogP contribution is -2.14. The van der Waals surface area contributed by atoms with Crippen LogP contribution in [-0.4, -0.2) is 8.42 Å². The first-order chi connectivity index (χ1) is 9.57. The van der Waals surface area contributed by atoms with Gasteiger partial charge in [0.05, 0.1) is 4.90 Å². The van der Waals surface area contributed by atoms with Gasteiger partial charge in [-0.2, -0.15) is 0 Å². The highest BCUT2D eigenvalue weighted by Crippen LogP contribution is 2.28. The minimum absolute atomic E-state index is 0.290. The Hall–Kier alpha value is -0.870. The maximum Gasteiger partial charge on any atom is 0.238 e. The first-order valence-electron chi connectivity index (χ1n) is 7.68. The lowest BCUT2D eigenvalue weighted by Gasteiger charge is -2.21. The summed E-state index contributed by atoms with van der Waals surface area (Å²) >= 11 is 0. The molecule has 0 radical (unpaired) electrons. The van der Waals surface area contributed by atoms with E-state index in [4.69, 9.17) is 5.14 Å². The number of primary sulfonamides is 1. The third kappa shape index (κ3) is 4.60. The summed E-state index contributed by atoms with van der Waals surface area (Å²) in [6.45, 7) is 0. The second-order valence-electron chi connectivity index (χ2n) is 5.90. The number of benzene rings is 1. The van der Waals surface area contributed by atoms with Crippen molar-refractivity contribution in [2.75, 3.05) is 0 Å². The van der Waals surface area contributed by atoms with E-state index in [1.165, 1.54) is 44.9 Å². The van der Waals surface area contributed by atoms with Gasteiger partial charge in [-0.05, 0) is 30.4 Å². The molecule has 0 heterocycles. The van der Waals surface area contributed by atoms with Crippen LogP contribution in [-0.2, 0) is 16.4 Å². The van der Waals surface area contributed by atoms with Crippen LogP contribution >= 0.6 is 0 Å². The van der Waals surface area contributed by atoms with E-state index < -0.39 is 10.0 Å². The Morgan fingerprint density at radius 2 is 1.75 bits per heavy atom. The Bertz CT molecular complexity index is 519. The number of sulfonamides is 1. The molecule has 0 aromatic heterocycles. The van der Waals surface area contributed by atoms with E-state index in [9.17, 15) is 8.42 Å². The Morgan fingerprint density at radius 1 is 1.05 bits per heavy atom. The first kappa shape index (κ1) is 15.5. The van der Waals surface area contributed by atoms with Gasteiger partial charge < -0.3 is 0 Å². The lowest BCUT2D eigenvalue weighted by atomic mass is 9.85. The minimum atomic E-state index is -3.59. The number of hydrogen-bond acceptors (Lipinski definition) is 2. The van der Waals surface area contributed by atoms with Gasteiger partial charge in [-0.25, -0.2) is 13.6 Å². The van der Waals surface area contributed by atoms with Crippen LogP contribution in [0.1, 0.15) is 56.9 Å². The Kier molecular flexibility index (Phi) is 5.61. The molecule has 1 aliphatic rings. The Labute approximate surface area is 122 Å². The number of unbranched alkanes of at least 4 members (excludes halogenated alkanes) is 1. The highest BCUT2D eigenvalue weighted by atomic mass is 32.2. The SMILES string of the molecule is NS(=O)(=O)c1ccccc1CCCCC1CCCCC1. The van der Waals surface area contributed by atoms with Gasteiger partial charge in [-0.15, -0.1) is 0 Å². The maximum atomic E-state index is 11.5. The van der Waals surface area contributed by atoms with Gasteiger partial charge in [0.15, 0.2) is 0 Å². The fourth-order valence-corrected chi connectivity index (χ4v) is 4.02. The van der Waals surface area contributed by atoms with E-state index in [2.05, 4.69) is 0 Å². The topological polar surface area (TPSA) is 60.2 Å². The van der Waals surface area contributed by atoms with E-state index in [0.717, 1.165) is 24.3 Å². The van der Waals surface area contributed by atoms with Crippen molar-refractivity contribution < 1.29 is 8.42 Å². The van der Waals surface area contributed by atoms with E-state index >= 15 is 0 Å². The molecule has 0 bridgehead atoms. The number of hydrogen-bond donors (Lipinski definition) is 1. The van der Waals surface area contributed by atoms with Crippen molar-refractivity contribution in [1.82, 2.24) is 0 Å². The molecule has 2 rings (SSSR count). The molecule has 1 aromatic carbocycles. The fourth-order valence-electron chi connectivity index (χ4n) is 3.21. The molecule has 0 aliphatic heterocycles. The third-order valence-electron chi connectivity index (χ3n) is 4.31. The molecule has 1 aromatic rings.